The molecular formula is C23H28N4O2S. The van der Waals surface area contributed by atoms with Crippen molar-refractivity contribution < 1.29 is 4.79 Å². The molecule has 1 aromatic carbocycles. The van der Waals surface area contributed by atoms with Crippen LogP contribution < -0.4 is 5.56 Å². The first-order chi connectivity index (χ1) is 14.2. The minimum Gasteiger partial charge on any atom is -0.340 e. The standard InChI is InChI=1S/C23H28N4O2S/c1-23(2,3)16-10-11-17-18(12-16)30-21-20(17)22(29)27(25-24-21)14-19(28)26(4)13-15-8-6-5-7-9-15/h5-9,16H,10-14H2,1-4H3. The summed E-state index contributed by atoms with van der Waals surface area (Å²) < 4.78 is 1.22. The molecule has 7 heteroatoms. The number of rotatable bonds is 4. The van der Waals surface area contributed by atoms with E-state index in [4.69, 9.17) is 0 Å². The molecule has 1 aliphatic carbocycles. The number of benzene rings is 1. The van der Waals surface area contributed by atoms with E-state index in [0.717, 1.165) is 30.4 Å². The summed E-state index contributed by atoms with van der Waals surface area (Å²) in [4.78, 5) is 29.4. The molecule has 1 aliphatic rings. The lowest BCUT2D eigenvalue weighted by atomic mass is 9.72. The van der Waals surface area contributed by atoms with Crippen molar-refractivity contribution in [1.82, 2.24) is 19.9 Å². The van der Waals surface area contributed by atoms with E-state index in [2.05, 4.69) is 31.1 Å². The van der Waals surface area contributed by atoms with E-state index in [1.165, 1.54) is 9.56 Å². The van der Waals surface area contributed by atoms with Crippen LogP contribution in [-0.4, -0.2) is 32.8 Å². The number of amides is 1. The number of nitrogens with zero attached hydrogens (tertiary/aromatic N) is 4. The van der Waals surface area contributed by atoms with Gasteiger partial charge < -0.3 is 4.90 Å². The number of aromatic nitrogens is 3. The smallest absolute Gasteiger partial charge is 0.279 e. The summed E-state index contributed by atoms with van der Waals surface area (Å²) in [5, 5.41) is 9.02. The zero-order valence-corrected chi connectivity index (χ0v) is 18.8. The minimum absolute atomic E-state index is 0.0969. The molecule has 0 N–H and O–H groups in total. The van der Waals surface area contributed by atoms with Crippen molar-refractivity contribution in [2.75, 3.05) is 7.05 Å². The first-order valence-corrected chi connectivity index (χ1v) is 11.2. The molecule has 1 unspecified atom stereocenters. The van der Waals surface area contributed by atoms with Crippen molar-refractivity contribution in [1.29, 1.82) is 0 Å². The van der Waals surface area contributed by atoms with Gasteiger partial charge >= 0.3 is 0 Å². The van der Waals surface area contributed by atoms with Gasteiger partial charge in [-0.05, 0) is 41.7 Å². The summed E-state index contributed by atoms with van der Waals surface area (Å²) in [5.41, 5.74) is 2.21. The molecule has 3 aromatic rings. The SMILES string of the molecule is CN(Cc1ccccc1)C(=O)Cn1nnc2sc3c(c2c1=O)CCC(C(C)(C)C)C3. The van der Waals surface area contributed by atoms with Gasteiger partial charge in [0.1, 0.15) is 6.54 Å². The van der Waals surface area contributed by atoms with Crippen LogP contribution in [0, 0.1) is 11.3 Å². The number of likely N-dealkylation sites (N-methyl/N-ethyl adjacent to an activating group) is 1. The van der Waals surface area contributed by atoms with Gasteiger partial charge in [0.05, 0.1) is 5.39 Å². The predicted octanol–water partition coefficient (Wildman–Crippen LogP) is 3.66. The Morgan fingerprint density at radius 1 is 1.27 bits per heavy atom. The number of fused-ring (bicyclic) bond motifs is 3. The van der Waals surface area contributed by atoms with Gasteiger partial charge in [0, 0.05) is 18.5 Å². The van der Waals surface area contributed by atoms with E-state index in [1.807, 2.05) is 30.3 Å². The molecule has 0 saturated heterocycles. The summed E-state index contributed by atoms with van der Waals surface area (Å²) in [6.07, 6.45) is 2.95. The molecule has 0 aliphatic heterocycles. The Morgan fingerprint density at radius 3 is 2.70 bits per heavy atom. The summed E-state index contributed by atoms with van der Waals surface area (Å²) in [7, 11) is 1.74. The van der Waals surface area contributed by atoms with Crippen LogP contribution in [0.2, 0.25) is 0 Å². The average molecular weight is 425 g/mol. The Balaban J connectivity index is 1.57. The van der Waals surface area contributed by atoms with Crippen LogP contribution in [0.1, 0.15) is 43.2 Å². The molecule has 0 saturated carbocycles. The number of carbonyl (C=O) groups excluding carboxylic acids is 1. The first-order valence-electron chi connectivity index (χ1n) is 10.4. The van der Waals surface area contributed by atoms with Crippen molar-refractivity contribution in [3.63, 3.8) is 0 Å². The lowest BCUT2D eigenvalue weighted by Crippen LogP contribution is -2.35. The van der Waals surface area contributed by atoms with Gasteiger partial charge in [-0.1, -0.05) is 56.3 Å². The molecule has 1 amide bonds. The number of aryl methyl sites for hydroxylation is 1. The highest BCUT2D eigenvalue weighted by Crippen LogP contribution is 2.41. The molecule has 30 heavy (non-hydrogen) atoms. The molecule has 158 valence electrons. The van der Waals surface area contributed by atoms with Crippen LogP contribution in [0.25, 0.3) is 10.2 Å². The van der Waals surface area contributed by atoms with Gasteiger partial charge in [0.25, 0.3) is 5.56 Å². The van der Waals surface area contributed by atoms with Crippen LogP contribution in [0.4, 0.5) is 0 Å². The second-order valence-corrected chi connectivity index (χ2v) is 10.4. The molecule has 6 nitrogen and oxygen atoms in total. The lowest BCUT2D eigenvalue weighted by Gasteiger charge is -2.33. The number of carbonyl (C=O) groups is 1. The third-order valence-corrected chi connectivity index (χ3v) is 7.28. The molecular weight excluding hydrogens is 396 g/mol. The molecule has 0 radical (unpaired) electrons. The fourth-order valence-corrected chi connectivity index (χ4v) is 5.40. The Morgan fingerprint density at radius 2 is 2.00 bits per heavy atom. The topological polar surface area (TPSA) is 68.1 Å². The predicted molar refractivity (Wildman–Crippen MR) is 120 cm³/mol. The van der Waals surface area contributed by atoms with Crippen LogP contribution in [0.5, 0.6) is 0 Å². The second-order valence-electron chi connectivity index (χ2n) is 9.28. The third-order valence-electron chi connectivity index (χ3n) is 6.14. The zero-order valence-electron chi connectivity index (χ0n) is 18.0. The highest BCUT2D eigenvalue weighted by Gasteiger charge is 2.32. The van der Waals surface area contributed by atoms with E-state index in [9.17, 15) is 9.59 Å². The molecule has 2 aromatic heterocycles. The van der Waals surface area contributed by atoms with E-state index in [0.29, 0.717) is 22.7 Å². The maximum Gasteiger partial charge on any atom is 0.279 e. The van der Waals surface area contributed by atoms with Gasteiger partial charge in [-0.15, -0.1) is 16.4 Å². The van der Waals surface area contributed by atoms with Crippen molar-refractivity contribution in [2.45, 2.75) is 53.1 Å². The lowest BCUT2D eigenvalue weighted by molar-refractivity contribution is -0.131. The summed E-state index contributed by atoms with van der Waals surface area (Å²) in [6, 6.07) is 9.79. The van der Waals surface area contributed by atoms with Crippen molar-refractivity contribution in [2.24, 2.45) is 11.3 Å². The molecule has 0 spiro atoms. The fourth-order valence-electron chi connectivity index (χ4n) is 4.16. The third kappa shape index (κ3) is 4.03. The minimum atomic E-state index is -0.201. The van der Waals surface area contributed by atoms with E-state index < -0.39 is 0 Å². The second kappa shape index (κ2) is 7.95. The Hall–Kier alpha value is -2.54. The van der Waals surface area contributed by atoms with Gasteiger partial charge in [-0.2, -0.15) is 0 Å². The number of hydrogen-bond donors (Lipinski definition) is 0. The normalized spacial score (nSPS) is 16.5. The number of hydrogen-bond acceptors (Lipinski definition) is 5. The molecule has 4 rings (SSSR count). The maximum atomic E-state index is 13.2. The Labute approximate surface area is 180 Å². The summed E-state index contributed by atoms with van der Waals surface area (Å²) in [5.74, 6) is 0.438. The number of thiophene rings is 1. The molecule has 1 atom stereocenters. The van der Waals surface area contributed by atoms with E-state index in [-0.39, 0.29) is 23.4 Å². The molecule has 0 bridgehead atoms. The van der Waals surface area contributed by atoms with Crippen LogP contribution in [0.15, 0.2) is 35.1 Å². The fraction of sp³-hybridized carbons (Fsp3) is 0.478. The summed E-state index contributed by atoms with van der Waals surface area (Å²) >= 11 is 1.59. The van der Waals surface area contributed by atoms with E-state index in [1.54, 1.807) is 23.3 Å². The van der Waals surface area contributed by atoms with Gasteiger partial charge in [0.15, 0.2) is 4.83 Å². The maximum absolute atomic E-state index is 13.2. The van der Waals surface area contributed by atoms with Crippen LogP contribution in [-0.2, 0) is 30.7 Å². The van der Waals surface area contributed by atoms with Gasteiger partial charge in [-0.25, -0.2) is 4.68 Å². The van der Waals surface area contributed by atoms with Gasteiger partial charge in [0.2, 0.25) is 5.91 Å². The first kappa shape index (κ1) is 20.7. The van der Waals surface area contributed by atoms with Crippen molar-refractivity contribution >= 4 is 27.5 Å². The summed E-state index contributed by atoms with van der Waals surface area (Å²) in [6.45, 7) is 7.23. The Kier molecular flexibility index (Phi) is 5.49. The quantitative estimate of drug-likeness (QED) is 0.641. The highest BCUT2D eigenvalue weighted by atomic mass is 32.1. The van der Waals surface area contributed by atoms with Crippen molar-refractivity contribution in [3.8, 4) is 0 Å². The zero-order chi connectivity index (χ0) is 21.5. The Bertz CT molecular complexity index is 1130. The highest BCUT2D eigenvalue weighted by molar-refractivity contribution is 7.18. The molecule has 2 heterocycles. The van der Waals surface area contributed by atoms with Crippen molar-refractivity contribution in [3.05, 3.63) is 56.7 Å². The largest absolute Gasteiger partial charge is 0.340 e. The van der Waals surface area contributed by atoms with Crippen LogP contribution >= 0.6 is 11.3 Å². The monoisotopic (exact) mass is 424 g/mol. The van der Waals surface area contributed by atoms with E-state index >= 15 is 0 Å². The molecule has 0 fully saturated rings. The van der Waals surface area contributed by atoms with Gasteiger partial charge in [-0.3, -0.25) is 9.59 Å². The van der Waals surface area contributed by atoms with Crippen LogP contribution in [0.3, 0.4) is 0 Å². The average Bonchev–Trinajstić information content (AvgIpc) is 3.08.